The van der Waals surface area contributed by atoms with Gasteiger partial charge in [0.1, 0.15) is 0 Å². The van der Waals surface area contributed by atoms with E-state index in [2.05, 4.69) is 15.9 Å². The van der Waals surface area contributed by atoms with Crippen LogP contribution in [0.3, 0.4) is 0 Å². The Morgan fingerprint density at radius 1 is 1.42 bits per heavy atom. The van der Waals surface area contributed by atoms with Gasteiger partial charge in [0, 0.05) is 4.47 Å². The molecule has 5 heteroatoms. The van der Waals surface area contributed by atoms with Crippen LogP contribution in [0.1, 0.15) is 9.68 Å². The SMILES string of the molecule is [2H]c1c([2H])c(Br)c([2H])c(C(F)(F)F)c1Cl. The Hall–Kier alpha value is -0.220. The molecule has 1 rings (SSSR count). The molecule has 1 aromatic rings. The van der Waals surface area contributed by atoms with Crippen molar-refractivity contribution in [3.05, 3.63) is 33.2 Å². The number of halogens is 5. The summed E-state index contributed by atoms with van der Waals surface area (Å²) in [6, 6.07) is -2.20. The van der Waals surface area contributed by atoms with E-state index in [0.29, 0.717) is 0 Å². The molecule has 0 amide bonds. The summed E-state index contributed by atoms with van der Waals surface area (Å²) in [6.07, 6.45) is -4.81. The number of benzene rings is 1. The maximum absolute atomic E-state index is 12.4. The van der Waals surface area contributed by atoms with Gasteiger partial charge in [-0.25, -0.2) is 0 Å². The van der Waals surface area contributed by atoms with Gasteiger partial charge in [-0.3, -0.25) is 0 Å². The quantitative estimate of drug-likeness (QED) is 0.660. The Bertz CT molecular complexity index is 390. The van der Waals surface area contributed by atoms with Gasteiger partial charge in [0.05, 0.1) is 14.7 Å². The predicted molar refractivity (Wildman–Crippen MR) is 44.2 cm³/mol. The smallest absolute Gasteiger partial charge is 0.166 e. The van der Waals surface area contributed by atoms with E-state index in [-0.39, 0.29) is 4.47 Å². The molecule has 0 aliphatic rings. The van der Waals surface area contributed by atoms with E-state index in [1.54, 1.807) is 0 Å². The number of hydrogen-bond donors (Lipinski definition) is 0. The summed E-state index contributed by atoms with van der Waals surface area (Å²) in [7, 11) is 0. The first kappa shape index (κ1) is 6.27. The lowest BCUT2D eigenvalue weighted by molar-refractivity contribution is -0.137. The average Bonchev–Trinajstić information content (AvgIpc) is 2.09. The Kier molecular flexibility index (Phi) is 1.70. The van der Waals surface area contributed by atoms with Gasteiger partial charge < -0.3 is 0 Å². The highest BCUT2D eigenvalue weighted by Gasteiger charge is 2.33. The van der Waals surface area contributed by atoms with Crippen molar-refractivity contribution >= 4 is 27.5 Å². The van der Waals surface area contributed by atoms with Gasteiger partial charge in [-0.1, -0.05) is 27.5 Å². The molecule has 0 bridgehead atoms. The van der Waals surface area contributed by atoms with E-state index in [0.717, 1.165) is 0 Å². The van der Waals surface area contributed by atoms with Gasteiger partial charge in [-0.15, -0.1) is 0 Å². The van der Waals surface area contributed by atoms with E-state index in [1.165, 1.54) is 0 Å². The zero-order chi connectivity index (χ0) is 12.0. The monoisotopic (exact) mass is 261 g/mol. The highest BCUT2D eigenvalue weighted by molar-refractivity contribution is 9.10. The van der Waals surface area contributed by atoms with Gasteiger partial charge >= 0.3 is 6.18 Å². The lowest BCUT2D eigenvalue weighted by Gasteiger charge is -2.08. The van der Waals surface area contributed by atoms with Gasteiger partial charge in [0.25, 0.3) is 0 Å². The second-order valence-electron chi connectivity index (χ2n) is 1.88. The van der Waals surface area contributed by atoms with E-state index >= 15 is 0 Å². The minimum Gasteiger partial charge on any atom is -0.166 e. The van der Waals surface area contributed by atoms with Crippen molar-refractivity contribution in [1.29, 1.82) is 0 Å². The van der Waals surface area contributed by atoms with Gasteiger partial charge in [-0.2, -0.15) is 13.2 Å². The summed E-state index contributed by atoms with van der Waals surface area (Å²) in [6.45, 7) is 0. The van der Waals surface area contributed by atoms with E-state index in [1.807, 2.05) is 0 Å². The molecule has 0 aliphatic carbocycles. The van der Waals surface area contributed by atoms with Crippen LogP contribution < -0.4 is 0 Å². The molecular weight excluding hydrogens is 256 g/mol. The Balaban J connectivity index is 3.68. The molecule has 0 saturated heterocycles. The molecule has 12 heavy (non-hydrogen) atoms. The minimum absolute atomic E-state index is 0.385. The van der Waals surface area contributed by atoms with Crippen LogP contribution in [0.2, 0.25) is 5.02 Å². The fraction of sp³-hybridized carbons (Fsp3) is 0.143. The molecule has 1 aromatic carbocycles. The maximum Gasteiger partial charge on any atom is 0.417 e. The van der Waals surface area contributed by atoms with Crippen molar-refractivity contribution in [1.82, 2.24) is 0 Å². The summed E-state index contributed by atoms with van der Waals surface area (Å²) in [4.78, 5) is 0. The van der Waals surface area contributed by atoms with Crippen molar-refractivity contribution in [3.8, 4) is 0 Å². The Labute approximate surface area is 84.7 Å². The molecule has 0 fully saturated rings. The average molecular weight is 262 g/mol. The largest absolute Gasteiger partial charge is 0.417 e. The third-order valence-electron chi connectivity index (χ3n) is 1.02. The van der Waals surface area contributed by atoms with Crippen LogP contribution in [0.25, 0.3) is 0 Å². The van der Waals surface area contributed by atoms with Crippen molar-refractivity contribution in [2.75, 3.05) is 0 Å². The third kappa shape index (κ3) is 2.14. The molecule has 0 spiro atoms. The Morgan fingerprint density at radius 3 is 2.50 bits per heavy atom. The van der Waals surface area contributed by atoms with Gasteiger partial charge in [-0.05, 0) is 18.1 Å². The summed E-state index contributed by atoms with van der Waals surface area (Å²) in [5, 5.41) is -0.916. The summed E-state index contributed by atoms with van der Waals surface area (Å²) >= 11 is 7.95. The normalized spacial score (nSPS) is 15.2. The van der Waals surface area contributed by atoms with Crippen LogP contribution in [0, 0.1) is 0 Å². The van der Waals surface area contributed by atoms with E-state index in [9.17, 15) is 13.2 Å². The van der Waals surface area contributed by atoms with E-state index in [4.69, 9.17) is 15.7 Å². The second kappa shape index (κ2) is 3.26. The molecule has 0 radical (unpaired) electrons. The lowest BCUT2D eigenvalue weighted by Crippen LogP contribution is -2.05. The summed E-state index contributed by atoms with van der Waals surface area (Å²) < 4.78 is 58.5. The van der Waals surface area contributed by atoms with Gasteiger partial charge in [0.15, 0.2) is 0 Å². The highest BCUT2D eigenvalue weighted by Crippen LogP contribution is 2.35. The van der Waals surface area contributed by atoms with Crippen molar-refractivity contribution in [2.45, 2.75) is 6.18 Å². The van der Waals surface area contributed by atoms with Crippen LogP contribution in [-0.4, -0.2) is 0 Å². The summed E-state index contributed by atoms with van der Waals surface area (Å²) in [5.41, 5.74) is -1.39. The number of alkyl halides is 3. The molecule has 0 atom stereocenters. The first-order valence-electron chi connectivity index (χ1n) is 4.19. The first-order chi connectivity index (χ1) is 6.68. The number of rotatable bonds is 0. The molecular formula is C7H3BrClF3. The molecule has 0 aromatic heterocycles. The van der Waals surface area contributed by atoms with Crippen LogP contribution in [0.5, 0.6) is 0 Å². The fourth-order valence-electron chi connectivity index (χ4n) is 0.563. The zero-order valence-corrected chi connectivity index (χ0v) is 7.73. The molecule has 0 unspecified atom stereocenters. The maximum atomic E-state index is 12.4. The fourth-order valence-corrected chi connectivity index (χ4v) is 1.06. The second-order valence-corrected chi connectivity index (χ2v) is 3.05. The molecule has 0 aliphatic heterocycles. The van der Waals surface area contributed by atoms with Crippen molar-refractivity contribution in [3.63, 3.8) is 0 Å². The molecule has 0 N–H and O–H groups in total. The van der Waals surface area contributed by atoms with E-state index < -0.39 is 34.9 Å². The van der Waals surface area contributed by atoms with Crippen molar-refractivity contribution in [2.24, 2.45) is 0 Å². The first-order valence-corrected chi connectivity index (χ1v) is 3.87. The topological polar surface area (TPSA) is 0 Å². The molecule has 66 valence electrons. The number of hydrogen-bond acceptors (Lipinski definition) is 0. The minimum atomic E-state index is -4.81. The van der Waals surface area contributed by atoms with Crippen LogP contribution >= 0.6 is 27.5 Å². The van der Waals surface area contributed by atoms with Crippen LogP contribution in [0.15, 0.2) is 22.6 Å². The molecule has 0 heterocycles. The van der Waals surface area contributed by atoms with Gasteiger partial charge in [0.2, 0.25) is 0 Å². The Morgan fingerprint density at radius 2 is 2.00 bits per heavy atom. The molecule has 0 saturated carbocycles. The zero-order valence-electron chi connectivity index (χ0n) is 8.39. The van der Waals surface area contributed by atoms with Crippen LogP contribution in [-0.2, 0) is 6.18 Å². The van der Waals surface area contributed by atoms with Crippen LogP contribution in [0.4, 0.5) is 13.2 Å². The summed E-state index contributed by atoms with van der Waals surface area (Å²) in [5.74, 6) is 0. The third-order valence-corrected chi connectivity index (χ3v) is 1.70. The molecule has 0 nitrogen and oxygen atoms in total. The standard InChI is InChI=1S/C7H3BrClF3/c8-4-1-2-6(9)5(3-4)7(10,11)12/h1-3H/i1D,2D,3D. The van der Waals surface area contributed by atoms with Crippen molar-refractivity contribution < 1.29 is 17.3 Å². The highest BCUT2D eigenvalue weighted by atomic mass is 79.9. The lowest BCUT2D eigenvalue weighted by atomic mass is 10.2. The predicted octanol–water partition coefficient (Wildman–Crippen LogP) is 4.12.